The molecule has 0 fully saturated rings. The Labute approximate surface area is 125 Å². The highest BCUT2D eigenvalue weighted by Crippen LogP contribution is 2.22. The number of nitrogens with zero attached hydrogens (tertiary/aromatic N) is 1. The lowest BCUT2D eigenvalue weighted by molar-refractivity contribution is 0.105. The fourth-order valence-electron chi connectivity index (χ4n) is 2.16. The molecule has 0 amide bonds. The summed E-state index contributed by atoms with van der Waals surface area (Å²) in [5.41, 5.74) is 4.83. The largest absolute Gasteiger partial charge is 0.372 e. The van der Waals surface area contributed by atoms with Crippen molar-refractivity contribution in [3.63, 3.8) is 0 Å². The maximum atomic E-state index is 5.83. The highest BCUT2D eigenvalue weighted by Gasteiger charge is 2.08. The molecule has 0 aliphatic rings. The van der Waals surface area contributed by atoms with E-state index in [9.17, 15) is 0 Å². The minimum Gasteiger partial charge on any atom is -0.372 e. The van der Waals surface area contributed by atoms with Gasteiger partial charge in [0.15, 0.2) is 0 Å². The number of pyridine rings is 1. The molecular weight excluding hydrogens is 266 g/mol. The molecule has 0 aliphatic carbocycles. The normalized spacial score (nSPS) is 10.8. The van der Waals surface area contributed by atoms with E-state index in [1.807, 2.05) is 18.2 Å². The van der Waals surface area contributed by atoms with Crippen LogP contribution in [0.15, 0.2) is 41.4 Å². The maximum Gasteiger partial charge on any atom is 0.102 e. The zero-order valence-corrected chi connectivity index (χ0v) is 13.2. The summed E-state index contributed by atoms with van der Waals surface area (Å²) in [6.07, 6.45) is 3.08. The molecule has 0 N–H and O–H groups in total. The average molecular weight is 287 g/mol. The Morgan fingerprint density at radius 2 is 1.85 bits per heavy atom. The minimum absolute atomic E-state index is 0.616. The molecule has 106 valence electrons. The number of hydrogen-bond acceptors (Lipinski definition) is 3. The summed E-state index contributed by atoms with van der Waals surface area (Å²) < 4.78 is 5.83. The van der Waals surface area contributed by atoms with Gasteiger partial charge in [0.05, 0.1) is 13.2 Å². The van der Waals surface area contributed by atoms with Crippen LogP contribution in [0.4, 0.5) is 0 Å². The van der Waals surface area contributed by atoms with Crippen LogP contribution in [0.2, 0.25) is 0 Å². The van der Waals surface area contributed by atoms with E-state index in [-0.39, 0.29) is 0 Å². The molecule has 0 saturated heterocycles. The number of thioether (sulfide) groups is 1. The van der Waals surface area contributed by atoms with Crippen molar-refractivity contribution in [2.45, 2.75) is 38.5 Å². The van der Waals surface area contributed by atoms with Crippen LogP contribution in [-0.4, -0.2) is 11.2 Å². The molecule has 0 saturated carbocycles. The van der Waals surface area contributed by atoms with Gasteiger partial charge in [-0.25, -0.2) is 4.98 Å². The van der Waals surface area contributed by atoms with E-state index in [2.05, 4.69) is 43.3 Å². The van der Waals surface area contributed by atoms with Gasteiger partial charge in [-0.3, -0.25) is 0 Å². The first-order valence-corrected chi connectivity index (χ1v) is 8.12. The van der Waals surface area contributed by atoms with Crippen molar-refractivity contribution in [2.75, 3.05) is 6.26 Å². The first-order valence-electron chi connectivity index (χ1n) is 6.89. The quantitative estimate of drug-likeness (QED) is 0.736. The number of aryl methyl sites for hydroxylation is 2. The van der Waals surface area contributed by atoms with E-state index in [0.717, 1.165) is 17.1 Å². The Hall–Kier alpha value is -1.32. The lowest BCUT2D eigenvalue weighted by Gasteiger charge is -2.12. The van der Waals surface area contributed by atoms with Gasteiger partial charge in [-0.1, -0.05) is 37.3 Å². The van der Waals surface area contributed by atoms with Gasteiger partial charge >= 0.3 is 0 Å². The summed E-state index contributed by atoms with van der Waals surface area (Å²) in [6, 6.07) is 12.5. The second kappa shape index (κ2) is 7.46. The van der Waals surface area contributed by atoms with Crippen LogP contribution in [0.25, 0.3) is 0 Å². The van der Waals surface area contributed by atoms with Crippen LogP contribution in [0.3, 0.4) is 0 Å². The molecule has 1 heterocycles. The number of benzene rings is 1. The molecule has 20 heavy (non-hydrogen) atoms. The van der Waals surface area contributed by atoms with Crippen molar-refractivity contribution in [3.05, 3.63) is 58.8 Å². The Morgan fingerprint density at radius 1 is 1.10 bits per heavy atom. The summed E-state index contributed by atoms with van der Waals surface area (Å²) in [7, 11) is 0. The Balaban J connectivity index is 2.05. The Morgan fingerprint density at radius 3 is 2.50 bits per heavy atom. The lowest BCUT2D eigenvalue weighted by Crippen LogP contribution is -2.01. The predicted octanol–water partition coefficient (Wildman–Crippen LogP) is 4.39. The smallest absolute Gasteiger partial charge is 0.102 e. The second-order valence-corrected chi connectivity index (χ2v) is 5.53. The van der Waals surface area contributed by atoms with Gasteiger partial charge in [-0.15, -0.1) is 11.8 Å². The van der Waals surface area contributed by atoms with Gasteiger partial charge in [-0.2, -0.15) is 0 Å². The van der Waals surface area contributed by atoms with Crippen LogP contribution >= 0.6 is 11.8 Å². The summed E-state index contributed by atoms with van der Waals surface area (Å²) in [5, 5.41) is 1.08. The zero-order chi connectivity index (χ0) is 14.4. The minimum atomic E-state index is 0.616. The van der Waals surface area contributed by atoms with Crippen molar-refractivity contribution >= 4 is 11.8 Å². The van der Waals surface area contributed by atoms with Crippen molar-refractivity contribution in [1.82, 2.24) is 4.98 Å². The first-order chi connectivity index (χ1) is 9.74. The molecule has 0 spiro atoms. The standard InChI is InChI=1S/C17H21NOS/c1-4-15-10-16(17(20-3)18-13(15)2)12-19-11-14-8-6-5-7-9-14/h5-10H,4,11-12H2,1-3H3. The third-order valence-corrected chi connectivity index (χ3v) is 4.04. The molecule has 1 aromatic carbocycles. The molecular formula is C17H21NOS. The summed E-state index contributed by atoms with van der Waals surface area (Å²) in [6.45, 7) is 5.50. The molecule has 2 nitrogen and oxygen atoms in total. The average Bonchev–Trinajstić information content (AvgIpc) is 2.49. The number of hydrogen-bond donors (Lipinski definition) is 0. The van der Waals surface area contributed by atoms with Crippen LogP contribution < -0.4 is 0 Å². The summed E-state index contributed by atoms with van der Waals surface area (Å²) >= 11 is 1.68. The van der Waals surface area contributed by atoms with Gasteiger partial charge in [0.2, 0.25) is 0 Å². The van der Waals surface area contributed by atoms with Crippen LogP contribution in [0.1, 0.15) is 29.3 Å². The molecule has 0 radical (unpaired) electrons. The van der Waals surface area contributed by atoms with E-state index in [1.54, 1.807) is 11.8 Å². The highest BCUT2D eigenvalue weighted by molar-refractivity contribution is 7.98. The van der Waals surface area contributed by atoms with Gasteiger partial charge in [0, 0.05) is 11.3 Å². The predicted molar refractivity (Wildman–Crippen MR) is 85.1 cm³/mol. The molecule has 0 atom stereocenters. The van der Waals surface area contributed by atoms with E-state index in [0.29, 0.717) is 13.2 Å². The number of ether oxygens (including phenoxy) is 1. The monoisotopic (exact) mass is 287 g/mol. The SMILES string of the molecule is CCc1cc(COCc2ccccc2)c(SC)nc1C. The third-order valence-electron chi connectivity index (χ3n) is 3.30. The fourth-order valence-corrected chi connectivity index (χ4v) is 2.77. The van der Waals surface area contributed by atoms with E-state index < -0.39 is 0 Å². The molecule has 3 heteroatoms. The molecule has 2 aromatic rings. The Kier molecular flexibility index (Phi) is 5.62. The zero-order valence-electron chi connectivity index (χ0n) is 12.3. The molecule has 1 aromatic heterocycles. The first kappa shape index (κ1) is 15.1. The topological polar surface area (TPSA) is 22.1 Å². The molecule has 2 rings (SSSR count). The van der Waals surface area contributed by atoms with Crippen molar-refractivity contribution in [1.29, 1.82) is 0 Å². The van der Waals surface area contributed by atoms with Gasteiger partial charge in [0.1, 0.15) is 5.03 Å². The fraction of sp³-hybridized carbons (Fsp3) is 0.353. The molecule has 0 unspecified atom stereocenters. The molecule has 0 aliphatic heterocycles. The van der Waals surface area contributed by atoms with Gasteiger partial charge in [-0.05, 0) is 36.8 Å². The van der Waals surface area contributed by atoms with Crippen molar-refractivity contribution < 1.29 is 4.74 Å². The van der Waals surface area contributed by atoms with E-state index in [1.165, 1.54) is 16.7 Å². The van der Waals surface area contributed by atoms with Gasteiger partial charge < -0.3 is 4.74 Å². The summed E-state index contributed by atoms with van der Waals surface area (Å²) in [5.74, 6) is 0. The third kappa shape index (κ3) is 3.84. The highest BCUT2D eigenvalue weighted by atomic mass is 32.2. The Bertz CT molecular complexity index is 554. The maximum absolute atomic E-state index is 5.83. The number of aromatic nitrogens is 1. The lowest BCUT2D eigenvalue weighted by atomic mass is 10.1. The van der Waals surface area contributed by atoms with Crippen LogP contribution in [-0.2, 0) is 24.4 Å². The van der Waals surface area contributed by atoms with Gasteiger partial charge in [0.25, 0.3) is 0 Å². The number of rotatable bonds is 6. The van der Waals surface area contributed by atoms with Crippen molar-refractivity contribution in [2.24, 2.45) is 0 Å². The summed E-state index contributed by atoms with van der Waals surface area (Å²) in [4.78, 5) is 4.67. The second-order valence-electron chi connectivity index (χ2n) is 4.73. The van der Waals surface area contributed by atoms with Crippen LogP contribution in [0.5, 0.6) is 0 Å². The van der Waals surface area contributed by atoms with E-state index in [4.69, 9.17) is 4.74 Å². The van der Waals surface area contributed by atoms with Crippen LogP contribution in [0, 0.1) is 6.92 Å². The molecule has 0 bridgehead atoms. The van der Waals surface area contributed by atoms with E-state index >= 15 is 0 Å². The van der Waals surface area contributed by atoms with Crippen molar-refractivity contribution in [3.8, 4) is 0 Å².